The van der Waals surface area contributed by atoms with E-state index in [1.54, 1.807) is 12.3 Å². The van der Waals surface area contributed by atoms with Crippen molar-refractivity contribution < 1.29 is 14.7 Å². The first-order valence-corrected chi connectivity index (χ1v) is 6.00. The van der Waals surface area contributed by atoms with E-state index in [1.807, 2.05) is 6.07 Å². The monoisotopic (exact) mass is 315 g/mol. The van der Waals surface area contributed by atoms with Crippen molar-refractivity contribution in [2.45, 2.75) is 25.9 Å². The van der Waals surface area contributed by atoms with E-state index in [1.165, 1.54) is 13.8 Å². The van der Waals surface area contributed by atoms with Crippen molar-refractivity contribution in [3.05, 3.63) is 28.5 Å². The van der Waals surface area contributed by atoms with Gasteiger partial charge in [-0.3, -0.25) is 4.98 Å². The fraction of sp³-hybridized carbons (Fsp3) is 0.364. The van der Waals surface area contributed by atoms with E-state index in [2.05, 4.69) is 31.5 Å². The zero-order chi connectivity index (χ0) is 13.8. The number of carbonyl (C=O) groups is 2. The molecule has 1 aromatic rings. The second-order valence-corrected chi connectivity index (χ2v) is 5.12. The number of hydrogen-bond acceptors (Lipinski definition) is 3. The van der Waals surface area contributed by atoms with E-state index in [-0.39, 0.29) is 6.54 Å². The molecule has 0 aliphatic carbocycles. The van der Waals surface area contributed by atoms with Crippen LogP contribution in [0, 0.1) is 0 Å². The molecule has 0 bridgehead atoms. The molecule has 18 heavy (non-hydrogen) atoms. The standard InChI is InChI=1S/C11H14BrN3O3/c1-11(2,9(16)17)15-10(18)14-6-8-4-3-7(12)5-13-8/h3-5H,6H2,1-2H3,(H,16,17)(H2,14,15,18). The van der Waals surface area contributed by atoms with Gasteiger partial charge in [-0.1, -0.05) is 0 Å². The Morgan fingerprint density at radius 2 is 2.11 bits per heavy atom. The van der Waals surface area contributed by atoms with Crippen LogP contribution in [0.1, 0.15) is 19.5 Å². The predicted molar refractivity (Wildman–Crippen MR) is 69.0 cm³/mol. The second kappa shape index (κ2) is 5.81. The molecule has 0 aromatic carbocycles. The summed E-state index contributed by atoms with van der Waals surface area (Å²) in [7, 11) is 0. The number of nitrogens with zero attached hydrogens (tertiary/aromatic N) is 1. The molecule has 0 aliphatic heterocycles. The van der Waals surface area contributed by atoms with Gasteiger partial charge in [0.15, 0.2) is 0 Å². The molecule has 3 N–H and O–H groups in total. The number of hydrogen-bond donors (Lipinski definition) is 3. The lowest BCUT2D eigenvalue weighted by molar-refractivity contribution is -0.142. The maximum atomic E-state index is 11.5. The van der Waals surface area contributed by atoms with Gasteiger partial charge in [0.05, 0.1) is 12.2 Å². The molecule has 98 valence electrons. The Kier molecular flexibility index (Phi) is 4.66. The van der Waals surface area contributed by atoms with Gasteiger partial charge in [0.1, 0.15) is 5.54 Å². The van der Waals surface area contributed by atoms with E-state index in [0.717, 1.165) is 4.47 Å². The third-order valence-corrected chi connectivity index (χ3v) is 2.65. The minimum Gasteiger partial charge on any atom is -0.480 e. The quantitative estimate of drug-likeness (QED) is 0.785. The van der Waals surface area contributed by atoms with Gasteiger partial charge in [-0.2, -0.15) is 0 Å². The molecule has 0 saturated carbocycles. The van der Waals surface area contributed by atoms with Gasteiger partial charge in [-0.25, -0.2) is 9.59 Å². The summed E-state index contributed by atoms with van der Waals surface area (Å²) in [4.78, 5) is 26.4. The second-order valence-electron chi connectivity index (χ2n) is 4.21. The summed E-state index contributed by atoms with van der Waals surface area (Å²) >= 11 is 3.25. The molecule has 2 amide bonds. The molecule has 0 radical (unpaired) electrons. The summed E-state index contributed by atoms with van der Waals surface area (Å²) in [5, 5.41) is 13.7. The maximum absolute atomic E-state index is 11.5. The molecule has 0 aliphatic rings. The van der Waals surface area contributed by atoms with Crippen molar-refractivity contribution in [2.75, 3.05) is 0 Å². The number of rotatable bonds is 4. The molecule has 0 saturated heterocycles. The zero-order valence-electron chi connectivity index (χ0n) is 10.0. The Labute approximate surface area is 113 Å². The van der Waals surface area contributed by atoms with E-state index in [9.17, 15) is 9.59 Å². The number of urea groups is 1. The summed E-state index contributed by atoms with van der Waals surface area (Å²) in [6.07, 6.45) is 1.62. The number of amides is 2. The highest BCUT2D eigenvalue weighted by molar-refractivity contribution is 9.10. The van der Waals surface area contributed by atoms with Crippen LogP contribution in [0.3, 0.4) is 0 Å². The SMILES string of the molecule is CC(C)(NC(=O)NCc1ccc(Br)cn1)C(=O)O. The van der Waals surface area contributed by atoms with Crippen LogP contribution in [0.5, 0.6) is 0 Å². The third-order valence-electron chi connectivity index (χ3n) is 2.18. The lowest BCUT2D eigenvalue weighted by Gasteiger charge is -2.21. The number of pyridine rings is 1. The number of carboxylic acids is 1. The van der Waals surface area contributed by atoms with Crippen molar-refractivity contribution in [1.82, 2.24) is 15.6 Å². The maximum Gasteiger partial charge on any atom is 0.328 e. The molecule has 7 heteroatoms. The van der Waals surface area contributed by atoms with Crippen molar-refractivity contribution in [2.24, 2.45) is 0 Å². The van der Waals surface area contributed by atoms with Gasteiger partial charge >= 0.3 is 12.0 Å². The molecule has 1 heterocycles. The molecule has 1 rings (SSSR count). The molecule has 6 nitrogen and oxygen atoms in total. The van der Waals surface area contributed by atoms with Crippen molar-refractivity contribution in [3.8, 4) is 0 Å². The molecular formula is C11H14BrN3O3. The molecule has 1 aromatic heterocycles. The van der Waals surface area contributed by atoms with Gasteiger partial charge in [0.2, 0.25) is 0 Å². The van der Waals surface area contributed by atoms with Gasteiger partial charge in [-0.05, 0) is 41.9 Å². The minimum absolute atomic E-state index is 0.231. The lowest BCUT2D eigenvalue weighted by Crippen LogP contribution is -2.53. The van der Waals surface area contributed by atoms with Crippen molar-refractivity contribution in [3.63, 3.8) is 0 Å². The zero-order valence-corrected chi connectivity index (χ0v) is 11.6. The smallest absolute Gasteiger partial charge is 0.328 e. The first-order valence-electron chi connectivity index (χ1n) is 5.21. The van der Waals surface area contributed by atoms with Gasteiger partial charge in [0.25, 0.3) is 0 Å². The Morgan fingerprint density at radius 3 is 2.61 bits per heavy atom. The summed E-state index contributed by atoms with van der Waals surface area (Å²) in [5.41, 5.74) is -0.626. The lowest BCUT2D eigenvalue weighted by atomic mass is 10.1. The third kappa shape index (κ3) is 4.33. The van der Waals surface area contributed by atoms with Crippen LogP contribution in [0.25, 0.3) is 0 Å². The fourth-order valence-corrected chi connectivity index (χ4v) is 1.30. The number of carbonyl (C=O) groups excluding carboxylic acids is 1. The van der Waals surface area contributed by atoms with Gasteiger partial charge < -0.3 is 15.7 Å². The molecule has 0 atom stereocenters. The highest BCUT2D eigenvalue weighted by atomic mass is 79.9. The highest BCUT2D eigenvalue weighted by Crippen LogP contribution is 2.07. The fourth-order valence-electron chi connectivity index (χ4n) is 1.06. The number of aliphatic carboxylic acids is 1. The van der Waals surface area contributed by atoms with Crippen LogP contribution in [0.15, 0.2) is 22.8 Å². The Morgan fingerprint density at radius 1 is 1.44 bits per heavy atom. The van der Waals surface area contributed by atoms with Crippen LogP contribution in [0.2, 0.25) is 0 Å². The average Bonchev–Trinajstić information content (AvgIpc) is 2.27. The first-order chi connectivity index (χ1) is 8.31. The van der Waals surface area contributed by atoms with Crippen LogP contribution in [-0.2, 0) is 11.3 Å². The number of halogens is 1. The number of nitrogens with one attached hydrogen (secondary N) is 2. The van der Waals surface area contributed by atoms with E-state index in [4.69, 9.17) is 5.11 Å². The van der Waals surface area contributed by atoms with Crippen LogP contribution < -0.4 is 10.6 Å². The average molecular weight is 316 g/mol. The molecule has 0 unspecified atom stereocenters. The van der Waals surface area contributed by atoms with Crippen LogP contribution in [-0.4, -0.2) is 27.6 Å². The van der Waals surface area contributed by atoms with E-state index < -0.39 is 17.5 Å². The minimum atomic E-state index is -1.31. The van der Waals surface area contributed by atoms with Crippen molar-refractivity contribution >= 4 is 27.9 Å². The first kappa shape index (κ1) is 14.4. The highest BCUT2D eigenvalue weighted by Gasteiger charge is 2.28. The number of carboxylic acid groups (broad SMARTS) is 1. The normalized spacial score (nSPS) is 10.8. The summed E-state index contributed by atoms with van der Waals surface area (Å²) in [6.45, 7) is 3.05. The Hall–Kier alpha value is -1.63. The summed E-state index contributed by atoms with van der Waals surface area (Å²) in [6, 6.07) is 3.02. The molecule has 0 fully saturated rings. The summed E-state index contributed by atoms with van der Waals surface area (Å²) < 4.78 is 0.850. The van der Waals surface area contributed by atoms with E-state index >= 15 is 0 Å². The van der Waals surface area contributed by atoms with E-state index in [0.29, 0.717) is 5.69 Å². The molecular weight excluding hydrogens is 302 g/mol. The van der Waals surface area contributed by atoms with Gasteiger partial charge in [0, 0.05) is 10.7 Å². The Balaban J connectivity index is 2.47. The van der Waals surface area contributed by atoms with Crippen molar-refractivity contribution in [1.29, 1.82) is 0 Å². The summed E-state index contributed by atoms with van der Waals surface area (Å²) in [5.74, 6) is -1.10. The largest absolute Gasteiger partial charge is 0.480 e. The number of aromatic nitrogens is 1. The van der Waals surface area contributed by atoms with Gasteiger partial charge in [-0.15, -0.1) is 0 Å². The predicted octanol–water partition coefficient (Wildman–Crippen LogP) is 1.51. The van der Waals surface area contributed by atoms with Crippen LogP contribution in [0.4, 0.5) is 4.79 Å². The molecule has 0 spiro atoms. The topological polar surface area (TPSA) is 91.3 Å². The Bertz CT molecular complexity index is 445. The van der Waals surface area contributed by atoms with Crippen LogP contribution >= 0.6 is 15.9 Å².